The molecule has 7 heteroatoms. The van der Waals surface area contributed by atoms with Crippen molar-refractivity contribution < 1.29 is 4.79 Å². The molecule has 0 spiro atoms. The second-order valence-electron chi connectivity index (χ2n) is 4.14. The van der Waals surface area contributed by atoms with Gasteiger partial charge in [0.2, 0.25) is 0 Å². The number of anilines is 1. The number of aromatic nitrogens is 2. The fourth-order valence-corrected chi connectivity index (χ4v) is 3.49. The van der Waals surface area contributed by atoms with Crippen molar-refractivity contribution in [2.24, 2.45) is 0 Å². The molecule has 1 amide bonds. The summed E-state index contributed by atoms with van der Waals surface area (Å²) in [5, 5.41) is 4.91. The Balaban J connectivity index is 1.71. The molecule has 0 bridgehead atoms. The summed E-state index contributed by atoms with van der Waals surface area (Å²) in [6.07, 6.45) is 3.99. The van der Waals surface area contributed by atoms with Gasteiger partial charge in [0.15, 0.2) is 0 Å². The molecule has 0 atom stereocenters. The Hall–Kier alpha value is -1.99. The first-order valence-electron chi connectivity index (χ1n) is 6.05. The molecule has 0 aromatic carbocycles. The lowest BCUT2D eigenvalue weighted by molar-refractivity contribution is 0.0959. The van der Waals surface area contributed by atoms with Crippen LogP contribution in [0.3, 0.4) is 0 Å². The van der Waals surface area contributed by atoms with Crippen molar-refractivity contribution >= 4 is 44.6 Å². The molecular weight excluding hydrogens is 292 g/mol. The lowest BCUT2D eigenvalue weighted by atomic mass is 10.3. The zero-order valence-corrected chi connectivity index (χ0v) is 12.1. The van der Waals surface area contributed by atoms with Gasteiger partial charge in [-0.15, -0.1) is 22.7 Å². The van der Waals surface area contributed by atoms with Crippen molar-refractivity contribution in [1.29, 1.82) is 0 Å². The predicted octanol–water partition coefficient (Wildman–Crippen LogP) is 2.31. The molecule has 5 nitrogen and oxygen atoms in total. The molecular formula is C13H12N4OS2. The van der Waals surface area contributed by atoms with Crippen LogP contribution in [0, 0.1) is 0 Å². The van der Waals surface area contributed by atoms with Crippen molar-refractivity contribution in [2.45, 2.75) is 6.42 Å². The molecule has 3 heterocycles. The van der Waals surface area contributed by atoms with Gasteiger partial charge < -0.3 is 11.1 Å². The van der Waals surface area contributed by atoms with E-state index >= 15 is 0 Å². The quantitative estimate of drug-likeness (QED) is 0.775. The van der Waals surface area contributed by atoms with Gasteiger partial charge in [-0.1, -0.05) is 6.07 Å². The van der Waals surface area contributed by atoms with E-state index in [9.17, 15) is 4.79 Å². The predicted molar refractivity (Wildman–Crippen MR) is 82.2 cm³/mol. The van der Waals surface area contributed by atoms with Crippen LogP contribution in [0.15, 0.2) is 29.9 Å². The maximum Gasteiger partial charge on any atom is 0.263 e. The summed E-state index contributed by atoms with van der Waals surface area (Å²) in [5.74, 6) is -0.163. The standard InChI is InChI=1S/C13H12N4OS2/c14-9-10-13(17-6-5-15-10)20-11(9)12(18)16-4-3-8-2-1-7-19-8/h1-2,5-7H,3-4,14H2,(H,16,18). The molecule has 0 radical (unpaired) electrons. The van der Waals surface area contributed by atoms with E-state index in [0.29, 0.717) is 27.5 Å². The van der Waals surface area contributed by atoms with Crippen LogP contribution in [0.25, 0.3) is 10.3 Å². The van der Waals surface area contributed by atoms with Crippen LogP contribution in [0.5, 0.6) is 0 Å². The van der Waals surface area contributed by atoms with E-state index in [0.717, 1.165) is 6.42 Å². The zero-order chi connectivity index (χ0) is 13.9. The number of carbonyl (C=O) groups excluding carboxylic acids is 1. The van der Waals surface area contributed by atoms with Crippen LogP contribution < -0.4 is 11.1 Å². The van der Waals surface area contributed by atoms with Gasteiger partial charge in [0.25, 0.3) is 5.91 Å². The highest BCUT2D eigenvalue weighted by atomic mass is 32.1. The number of hydrogen-bond acceptors (Lipinski definition) is 6. The Labute approximate surface area is 123 Å². The number of carbonyl (C=O) groups is 1. The third-order valence-corrected chi connectivity index (χ3v) is 4.84. The molecule has 102 valence electrons. The molecule has 0 saturated heterocycles. The van der Waals surface area contributed by atoms with Crippen LogP contribution in [-0.4, -0.2) is 22.4 Å². The number of nitrogens with zero attached hydrogens (tertiary/aromatic N) is 2. The maximum absolute atomic E-state index is 12.1. The minimum Gasteiger partial charge on any atom is -0.396 e. The molecule has 0 fully saturated rings. The number of hydrogen-bond donors (Lipinski definition) is 2. The van der Waals surface area contributed by atoms with Gasteiger partial charge in [-0.2, -0.15) is 0 Å². The summed E-state index contributed by atoms with van der Waals surface area (Å²) < 4.78 is 0. The number of rotatable bonds is 4. The van der Waals surface area contributed by atoms with Gasteiger partial charge in [-0.25, -0.2) is 9.97 Å². The Kier molecular flexibility index (Phi) is 3.62. The molecule has 20 heavy (non-hydrogen) atoms. The average molecular weight is 304 g/mol. The molecule has 0 aliphatic carbocycles. The van der Waals surface area contributed by atoms with Crippen molar-refractivity contribution in [2.75, 3.05) is 12.3 Å². The Bertz CT molecular complexity index is 736. The summed E-state index contributed by atoms with van der Waals surface area (Å²) in [4.78, 5) is 22.9. The van der Waals surface area contributed by atoms with Crippen molar-refractivity contribution in [1.82, 2.24) is 15.3 Å². The third kappa shape index (κ3) is 2.50. The normalized spacial score (nSPS) is 10.8. The van der Waals surface area contributed by atoms with Crippen LogP contribution in [0.2, 0.25) is 0 Å². The van der Waals surface area contributed by atoms with E-state index in [2.05, 4.69) is 21.4 Å². The minimum atomic E-state index is -0.163. The van der Waals surface area contributed by atoms with E-state index in [1.807, 2.05) is 11.4 Å². The lowest BCUT2D eigenvalue weighted by Gasteiger charge is -2.02. The Morgan fingerprint density at radius 2 is 2.20 bits per heavy atom. The first-order valence-corrected chi connectivity index (χ1v) is 7.75. The maximum atomic E-state index is 12.1. The first-order chi connectivity index (χ1) is 9.75. The van der Waals surface area contributed by atoms with E-state index in [4.69, 9.17) is 5.73 Å². The summed E-state index contributed by atoms with van der Waals surface area (Å²) in [6.45, 7) is 0.591. The molecule has 3 aromatic heterocycles. The largest absolute Gasteiger partial charge is 0.396 e. The van der Waals surface area contributed by atoms with E-state index < -0.39 is 0 Å². The molecule has 3 rings (SSSR count). The number of thiophene rings is 2. The first kappa shape index (κ1) is 13.0. The fourth-order valence-electron chi connectivity index (χ4n) is 1.85. The molecule has 0 saturated carbocycles. The Morgan fingerprint density at radius 3 is 2.95 bits per heavy atom. The molecule has 0 aliphatic rings. The number of nitrogen functional groups attached to an aromatic ring is 1. The highest BCUT2D eigenvalue weighted by molar-refractivity contribution is 7.21. The van der Waals surface area contributed by atoms with Gasteiger partial charge in [0, 0.05) is 23.8 Å². The summed E-state index contributed by atoms with van der Waals surface area (Å²) >= 11 is 2.96. The molecule has 3 aromatic rings. The fraction of sp³-hybridized carbons (Fsp3) is 0.154. The summed E-state index contributed by atoms with van der Waals surface area (Å²) in [6, 6.07) is 4.06. The van der Waals surface area contributed by atoms with E-state index in [1.165, 1.54) is 16.2 Å². The molecule has 3 N–H and O–H groups in total. The van der Waals surface area contributed by atoms with Crippen LogP contribution in [0.4, 0.5) is 5.69 Å². The summed E-state index contributed by atoms with van der Waals surface area (Å²) in [7, 11) is 0. The van der Waals surface area contributed by atoms with Crippen molar-refractivity contribution in [3.05, 3.63) is 39.7 Å². The smallest absolute Gasteiger partial charge is 0.263 e. The molecule has 0 aliphatic heterocycles. The zero-order valence-electron chi connectivity index (χ0n) is 10.5. The number of fused-ring (bicyclic) bond motifs is 1. The van der Waals surface area contributed by atoms with Crippen LogP contribution in [0.1, 0.15) is 14.5 Å². The van der Waals surface area contributed by atoms with Crippen LogP contribution >= 0.6 is 22.7 Å². The average Bonchev–Trinajstić information content (AvgIpc) is 3.08. The highest BCUT2D eigenvalue weighted by Crippen LogP contribution is 2.30. The van der Waals surface area contributed by atoms with Crippen LogP contribution in [-0.2, 0) is 6.42 Å². The summed E-state index contributed by atoms with van der Waals surface area (Å²) in [5.41, 5.74) is 6.96. The lowest BCUT2D eigenvalue weighted by Crippen LogP contribution is -2.25. The van der Waals surface area contributed by atoms with Gasteiger partial charge in [-0.3, -0.25) is 4.79 Å². The van der Waals surface area contributed by atoms with Gasteiger partial charge >= 0.3 is 0 Å². The van der Waals surface area contributed by atoms with Gasteiger partial charge in [0.1, 0.15) is 15.2 Å². The monoisotopic (exact) mass is 304 g/mol. The van der Waals surface area contributed by atoms with Crippen molar-refractivity contribution in [3.63, 3.8) is 0 Å². The second-order valence-corrected chi connectivity index (χ2v) is 6.17. The second kappa shape index (κ2) is 5.56. The SMILES string of the molecule is Nc1c(C(=O)NCCc2cccs2)sc2nccnc12. The number of nitrogens with two attached hydrogens (primary N) is 1. The molecule has 0 unspecified atom stereocenters. The number of nitrogens with one attached hydrogen (secondary N) is 1. The van der Waals surface area contributed by atoms with Gasteiger partial charge in [0.05, 0.1) is 5.69 Å². The minimum absolute atomic E-state index is 0.163. The third-order valence-electron chi connectivity index (χ3n) is 2.81. The van der Waals surface area contributed by atoms with Crippen molar-refractivity contribution in [3.8, 4) is 0 Å². The topological polar surface area (TPSA) is 80.9 Å². The Morgan fingerprint density at radius 1 is 1.35 bits per heavy atom. The van der Waals surface area contributed by atoms with E-state index in [1.54, 1.807) is 23.7 Å². The number of amides is 1. The van der Waals surface area contributed by atoms with Gasteiger partial charge in [-0.05, 0) is 17.9 Å². The van der Waals surface area contributed by atoms with E-state index in [-0.39, 0.29) is 5.91 Å². The highest BCUT2D eigenvalue weighted by Gasteiger charge is 2.17.